The van der Waals surface area contributed by atoms with Gasteiger partial charge in [-0.25, -0.2) is 9.59 Å². The Morgan fingerprint density at radius 1 is 1.33 bits per heavy atom. The lowest BCUT2D eigenvalue weighted by atomic mass is 10.2. The largest absolute Gasteiger partial charge is 0.506 e. The van der Waals surface area contributed by atoms with Crippen LogP contribution < -0.4 is 0 Å². The normalized spacial score (nSPS) is 16.9. The first-order chi connectivity index (χ1) is 6.78. The van der Waals surface area contributed by atoms with Gasteiger partial charge in [-0.1, -0.05) is 0 Å². The topological polar surface area (TPSA) is 76.1 Å². The van der Waals surface area contributed by atoms with Gasteiger partial charge < -0.3 is 19.5 Å². The van der Waals surface area contributed by atoms with E-state index in [0.29, 0.717) is 0 Å². The van der Waals surface area contributed by atoms with Crippen LogP contribution in [0.2, 0.25) is 0 Å². The highest BCUT2D eigenvalue weighted by molar-refractivity contribution is 5.69. The van der Waals surface area contributed by atoms with E-state index in [0.717, 1.165) is 0 Å². The van der Waals surface area contributed by atoms with Gasteiger partial charge >= 0.3 is 12.2 Å². The fraction of sp³-hybridized carbons (Fsp3) is 0.778. The van der Waals surface area contributed by atoms with Gasteiger partial charge in [-0.2, -0.15) is 0 Å². The van der Waals surface area contributed by atoms with E-state index in [2.05, 4.69) is 4.74 Å². The molecule has 1 aliphatic heterocycles. The van der Waals surface area contributed by atoms with E-state index in [1.54, 1.807) is 20.8 Å². The summed E-state index contributed by atoms with van der Waals surface area (Å²) in [5.41, 5.74) is -0.532. The Morgan fingerprint density at radius 3 is 2.27 bits per heavy atom. The number of hydrogen-bond donors (Lipinski definition) is 1. The first-order valence-electron chi connectivity index (χ1n) is 4.65. The second-order valence-corrected chi connectivity index (χ2v) is 4.39. The highest BCUT2D eigenvalue weighted by Crippen LogP contribution is 2.16. The van der Waals surface area contributed by atoms with E-state index < -0.39 is 24.0 Å². The van der Waals surface area contributed by atoms with Crippen LogP contribution in [0.4, 0.5) is 9.59 Å². The zero-order chi connectivity index (χ0) is 11.6. The molecule has 0 aromatic carbocycles. The number of ether oxygens (including phenoxy) is 2. The summed E-state index contributed by atoms with van der Waals surface area (Å²) >= 11 is 0. The third kappa shape index (κ3) is 3.65. The van der Waals surface area contributed by atoms with Gasteiger partial charge in [-0.15, -0.1) is 0 Å². The van der Waals surface area contributed by atoms with Gasteiger partial charge in [0.2, 0.25) is 0 Å². The zero-order valence-corrected chi connectivity index (χ0v) is 9.02. The van der Waals surface area contributed by atoms with E-state index in [-0.39, 0.29) is 13.1 Å². The fourth-order valence-corrected chi connectivity index (χ4v) is 1.13. The molecule has 6 heteroatoms. The van der Waals surface area contributed by atoms with Crippen LogP contribution in [-0.2, 0) is 9.47 Å². The molecule has 0 saturated carbocycles. The molecule has 0 bridgehead atoms. The van der Waals surface area contributed by atoms with Crippen LogP contribution in [0.5, 0.6) is 0 Å². The molecule has 15 heavy (non-hydrogen) atoms. The zero-order valence-electron chi connectivity index (χ0n) is 9.02. The maximum atomic E-state index is 11.4. The standard InChI is InChI=1S/C9H15NO5/c1-9(2,3)15-7(11)10-4-6(5-10)14-8(12)13/h6H,4-5H2,1-3H3,(H,12,13). The Kier molecular flexibility index (Phi) is 3.06. The molecule has 0 radical (unpaired) electrons. The average Bonchev–Trinajstić information content (AvgIpc) is 1.91. The number of carbonyl (C=O) groups excluding carboxylic acids is 1. The van der Waals surface area contributed by atoms with Gasteiger partial charge in [0, 0.05) is 0 Å². The number of amides is 1. The summed E-state index contributed by atoms with van der Waals surface area (Å²) in [5, 5.41) is 8.30. The smallest absolute Gasteiger partial charge is 0.450 e. The van der Waals surface area contributed by atoms with E-state index in [1.165, 1.54) is 4.90 Å². The maximum absolute atomic E-state index is 11.4. The van der Waals surface area contributed by atoms with Crippen molar-refractivity contribution in [2.75, 3.05) is 13.1 Å². The molecule has 0 unspecified atom stereocenters. The Labute approximate surface area is 87.8 Å². The lowest BCUT2D eigenvalue weighted by Crippen LogP contribution is -2.56. The van der Waals surface area contributed by atoms with Crippen LogP contribution in [0.25, 0.3) is 0 Å². The highest BCUT2D eigenvalue weighted by Gasteiger charge is 2.35. The van der Waals surface area contributed by atoms with Crippen LogP contribution in [-0.4, -0.2) is 47.0 Å². The molecule has 1 fully saturated rings. The summed E-state index contributed by atoms with van der Waals surface area (Å²) in [6, 6.07) is 0. The molecule has 1 aliphatic rings. The second kappa shape index (κ2) is 3.96. The van der Waals surface area contributed by atoms with E-state index in [9.17, 15) is 9.59 Å². The van der Waals surface area contributed by atoms with E-state index in [1.807, 2.05) is 0 Å². The number of rotatable bonds is 1. The average molecular weight is 217 g/mol. The Hall–Kier alpha value is -1.46. The van der Waals surface area contributed by atoms with Gasteiger partial charge in [0.15, 0.2) is 0 Å². The van der Waals surface area contributed by atoms with Crippen molar-refractivity contribution in [3.05, 3.63) is 0 Å². The Bertz CT molecular complexity index is 264. The lowest BCUT2D eigenvalue weighted by molar-refractivity contribution is -0.0477. The molecule has 0 spiro atoms. The maximum Gasteiger partial charge on any atom is 0.506 e. The number of nitrogens with zero attached hydrogens (tertiary/aromatic N) is 1. The van der Waals surface area contributed by atoms with Crippen molar-refractivity contribution in [3.63, 3.8) is 0 Å². The highest BCUT2D eigenvalue weighted by atomic mass is 16.7. The van der Waals surface area contributed by atoms with E-state index >= 15 is 0 Å². The van der Waals surface area contributed by atoms with Gasteiger partial charge in [0.1, 0.15) is 11.7 Å². The summed E-state index contributed by atoms with van der Waals surface area (Å²) in [7, 11) is 0. The van der Waals surface area contributed by atoms with Crippen molar-refractivity contribution in [3.8, 4) is 0 Å². The molecular formula is C9H15NO5. The molecule has 6 nitrogen and oxygen atoms in total. The minimum atomic E-state index is -1.32. The molecule has 86 valence electrons. The van der Waals surface area contributed by atoms with Crippen molar-refractivity contribution < 1.29 is 24.2 Å². The second-order valence-electron chi connectivity index (χ2n) is 4.39. The van der Waals surface area contributed by atoms with Gasteiger partial charge in [-0.05, 0) is 20.8 Å². The predicted molar refractivity (Wildman–Crippen MR) is 50.7 cm³/mol. The van der Waals surface area contributed by atoms with Crippen LogP contribution in [0.15, 0.2) is 0 Å². The molecular weight excluding hydrogens is 202 g/mol. The molecule has 1 amide bonds. The SMILES string of the molecule is CC(C)(C)OC(=O)N1CC(OC(=O)O)C1. The molecule has 1 saturated heterocycles. The molecule has 1 heterocycles. The van der Waals surface area contributed by atoms with Crippen molar-refractivity contribution in [2.24, 2.45) is 0 Å². The van der Waals surface area contributed by atoms with Crippen molar-refractivity contribution in [1.29, 1.82) is 0 Å². The first kappa shape index (κ1) is 11.6. The van der Waals surface area contributed by atoms with Crippen molar-refractivity contribution >= 4 is 12.2 Å². The monoisotopic (exact) mass is 217 g/mol. The first-order valence-corrected chi connectivity index (χ1v) is 4.65. The molecule has 0 aromatic heterocycles. The van der Waals surface area contributed by atoms with Crippen molar-refractivity contribution in [1.82, 2.24) is 4.90 Å². The molecule has 0 aromatic rings. The number of likely N-dealkylation sites (tertiary alicyclic amines) is 1. The third-order valence-corrected chi connectivity index (χ3v) is 1.77. The number of carbonyl (C=O) groups is 2. The summed E-state index contributed by atoms with van der Waals surface area (Å²) in [6.45, 7) is 5.85. The molecule has 0 atom stereocenters. The van der Waals surface area contributed by atoms with Crippen LogP contribution in [0.3, 0.4) is 0 Å². The van der Waals surface area contributed by atoms with Crippen molar-refractivity contribution in [2.45, 2.75) is 32.5 Å². The Balaban J connectivity index is 2.27. The van der Waals surface area contributed by atoms with Crippen LogP contribution in [0.1, 0.15) is 20.8 Å². The minimum absolute atomic E-state index is 0.265. The minimum Gasteiger partial charge on any atom is -0.450 e. The third-order valence-electron chi connectivity index (χ3n) is 1.77. The number of hydrogen-bond acceptors (Lipinski definition) is 4. The van der Waals surface area contributed by atoms with E-state index in [4.69, 9.17) is 9.84 Å². The summed E-state index contributed by atoms with van der Waals surface area (Å²) in [4.78, 5) is 22.9. The summed E-state index contributed by atoms with van der Waals surface area (Å²) < 4.78 is 9.54. The van der Waals surface area contributed by atoms with Gasteiger partial charge in [0.25, 0.3) is 0 Å². The van der Waals surface area contributed by atoms with Gasteiger partial charge in [-0.3, -0.25) is 0 Å². The van der Waals surface area contributed by atoms with Gasteiger partial charge in [0.05, 0.1) is 13.1 Å². The predicted octanol–water partition coefficient (Wildman–Crippen LogP) is 1.30. The summed E-state index contributed by atoms with van der Waals surface area (Å²) in [6.07, 6.45) is -2.17. The molecule has 1 N–H and O–H groups in total. The van der Waals surface area contributed by atoms with Crippen LogP contribution in [0, 0.1) is 0 Å². The van der Waals surface area contributed by atoms with Crippen LogP contribution >= 0.6 is 0 Å². The summed E-state index contributed by atoms with van der Waals surface area (Å²) in [5.74, 6) is 0. The molecule has 0 aliphatic carbocycles. The number of carboxylic acid groups (broad SMARTS) is 1. The quantitative estimate of drug-likeness (QED) is 0.670. The lowest BCUT2D eigenvalue weighted by Gasteiger charge is -2.38. The molecule has 1 rings (SSSR count). The Morgan fingerprint density at radius 2 is 1.87 bits per heavy atom. The fourth-order valence-electron chi connectivity index (χ4n) is 1.13.